The number of nitro benzene ring substituents is 1. The Labute approximate surface area is 112 Å². The molecule has 1 aromatic carbocycles. The van der Waals surface area contributed by atoms with Crippen LogP contribution in [0.15, 0.2) is 18.2 Å². The van der Waals surface area contributed by atoms with Crippen molar-refractivity contribution < 1.29 is 9.72 Å². The van der Waals surface area contributed by atoms with Gasteiger partial charge in [-0.15, -0.1) is 0 Å². The third-order valence-electron chi connectivity index (χ3n) is 3.41. The van der Waals surface area contributed by atoms with E-state index in [4.69, 9.17) is 0 Å². The Morgan fingerprint density at radius 3 is 2.37 bits per heavy atom. The molecule has 0 N–H and O–H groups in total. The van der Waals surface area contributed by atoms with Crippen molar-refractivity contribution in [1.29, 1.82) is 0 Å². The van der Waals surface area contributed by atoms with E-state index >= 15 is 0 Å². The molecule has 0 spiro atoms. The highest BCUT2D eigenvalue weighted by Crippen LogP contribution is 2.19. The monoisotopic (exact) mass is 262 g/mol. The summed E-state index contributed by atoms with van der Waals surface area (Å²) in [5.74, 6) is -0.0892. The Balaban J connectivity index is 2.24. The molecule has 1 saturated heterocycles. The van der Waals surface area contributed by atoms with Crippen molar-refractivity contribution in [2.45, 2.75) is 32.6 Å². The number of non-ortho nitro benzene ring substituents is 1. The highest BCUT2D eigenvalue weighted by Gasteiger charge is 2.19. The number of hydrogen-bond acceptors (Lipinski definition) is 3. The van der Waals surface area contributed by atoms with Crippen LogP contribution in [0.1, 0.15) is 41.6 Å². The van der Waals surface area contributed by atoms with Crippen LogP contribution < -0.4 is 0 Å². The lowest BCUT2D eigenvalue weighted by Gasteiger charge is -2.20. The Bertz CT molecular complexity index is 491. The number of hydrogen-bond donors (Lipinski definition) is 0. The minimum absolute atomic E-state index is 0.0156. The first-order valence-corrected chi connectivity index (χ1v) is 6.63. The molecule has 1 aliphatic rings. The minimum atomic E-state index is -0.452. The van der Waals surface area contributed by atoms with Crippen LogP contribution in [0.3, 0.4) is 0 Å². The average Bonchev–Trinajstić information content (AvgIpc) is 2.65. The quantitative estimate of drug-likeness (QED) is 0.608. The first-order valence-electron chi connectivity index (χ1n) is 6.63. The molecular weight excluding hydrogens is 244 g/mol. The van der Waals surface area contributed by atoms with Gasteiger partial charge in [0.2, 0.25) is 0 Å². The van der Waals surface area contributed by atoms with E-state index in [0.29, 0.717) is 5.56 Å². The molecule has 0 saturated carbocycles. The Hall–Kier alpha value is -1.91. The molecule has 2 rings (SSSR count). The van der Waals surface area contributed by atoms with Gasteiger partial charge in [-0.3, -0.25) is 14.9 Å². The molecule has 0 atom stereocenters. The van der Waals surface area contributed by atoms with E-state index < -0.39 is 4.92 Å². The fraction of sp³-hybridized carbons (Fsp3) is 0.500. The second-order valence-electron chi connectivity index (χ2n) is 5.02. The molecule has 0 aliphatic carbocycles. The minimum Gasteiger partial charge on any atom is -0.339 e. The summed E-state index contributed by atoms with van der Waals surface area (Å²) < 4.78 is 0. The maximum Gasteiger partial charge on any atom is 0.270 e. The second-order valence-corrected chi connectivity index (χ2v) is 5.02. The first-order chi connectivity index (χ1) is 9.08. The van der Waals surface area contributed by atoms with Crippen molar-refractivity contribution in [2.24, 2.45) is 0 Å². The number of benzene rings is 1. The summed E-state index contributed by atoms with van der Waals surface area (Å²) in [6.07, 6.45) is 4.33. The van der Waals surface area contributed by atoms with Crippen molar-refractivity contribution in [3.63, 3.8) is 0 Å². The topological polar surface area (TPSA) is 63.5 Å². The number of rotatable bonds is 2. The van der Waals surface area contributed by atoms with Gasteiger partial charge >= 0.3 is 0 Å². The van der Waals surface area contributed by atoms with E-state index in [9.17, 15) is 14.9 Å². The summed E-state index contributed by atoms with van der Waals surface area (Å²) in [5, 5.41) is 10.8. The standard InChI is InChI=1S/C14H18N2O3/c1-11-8-12(10-13(9-11)16(18)19)14(17)15-6-4-2-3-5-7-15/h8-10H,2-7H2,1H3. The largest absolute Gasteiger partial charge is 0.339 e. The molecular formula is C14H18N2O3. The van der Waals surface area contributed by atoms with Crippen LogP contribution in [-0.2, 0) is 0 Å². The normalized spacial score (nSPS) is 15.9. The Morgan fingerprint density at radius 2 is 1.79 bits per heavy atom. The summed E-state index contributed by atoms with van der Waals surface area (Å²) in [5.41, 5.74) is 1.15. The zero-order valence-corrected chi connectivity index (χ0v) is 11.1. The third-order valence-corrected chi connectivity index (χ3v) is 3.41. The molecule has 0 bridgehead atoms. The van der Waals surface area contributed by atoms with Crippen LogP contribution in [0.5, 0.6) is 0 Å². The summed E-state index contributed by atoms with van der Waals surface area (Å²) in [7, 11) is 0. The highest BCUT2D eigenvalue weighted by molar-refractivity contribution is 5.95. The van der Waals surface area contributed by atoms with Crippen molar-refractivity contribution in [3.8, 4) is 0 Å². The molecule has 1 fully saturated rings. The SMILES string of the molecule is Cc1cc(C(=O)N2CCCCCC2)cc([N+](=O)[O-])c1. The highest BCUT2D eigenvalue weighted by atomic mass is 16.6. The lowest BCUT2D eigenvalue weighted by Crippen LogP contribution is -2.31. The molecule has 1 heterocycles. The van der Waals surface area contributed by atoms with E-state index in [1.807, 2.05) is 4.90 Å². The molecule has 0 unspecified atom stereocenters. The van der Waals surface area contributed by atoms with Crippen molar-refractivity contribution in [2.75, 3.05) is 13.1 Å². The number of carbonyl (C=O) groups excluding carboxylic acids is 1. The van der Waals surface area contributed by atoms with Crippen molar-refractivity contribution >= 4 is 11.6 Å². The number of amides is 1. The van der Waals surface area contributed by atoms with Gasteiger partial charge in [0, 0.05) is 30.8 Å². The maximum atomic E-state index is 12.4. The van der Waals surface area contributed by atoms with Crippen LogP contribution in [0, 0.1) is 17.0 Å². The summed E-state index contributed by atoms with van der Waals surface area (Å²) in [6, 6.07) is 4.58. The number of nitro groups is 1. The predicted molar refractivity (Wildman–Crippen MR) is 72.2 cm³/mol. The molecule has 19 heavy (non-hydrogen) atoms. The zero-order chi connectivity index (χ0) is 13.8. The Kier molecular flexibility index (Phi) is 4.14. The van der Waals surface area contributed by atoms with Crippen LogP contribution in [0.25, 0.3) is 0 Å². The fourth-order valence-electron chi connectivity index (χ4n) is 2.45. The van der Waals surface area contributed by atoms with E-state index in [0.717, 1.165) is 44.3 Å². The van der Waals surface area contributed by atoms with E-state index in [1.54, 1.807) is 13.0 Å². The van der Waals surface area contributed by atoms with Crippen LogP contribution in [0.2, 0.25) is 0 Å². The first kappa shape index (κ1) is 13.5. The molecule has 0 aromatic heterocycles. The van der Waals surface area contributed by atoms with E-state index in [-0.39, 0.29) is 11.6 Å². The lowest BCUT2D eigenvalue weighted by molar-refractivity contribution is -0.384. The van der Waals surface area contributed by atoms with Gasteiger partial charge in [0.05, 0.1) is 4.92 Å². The molecule has 5 heteroatoms. The smallest absolute Gasteiger partial charge is 0.270 e. The molecule has 102 valence electrons. The van der Waals surface area contributed by atoms with Gasteiger partial charge in [-0.05, 0) is 31.4 Å². The number of carbonyl (C=O) groups is 1. The van der Waals surface area contributed by atoms with Gasteiger partial charge in [0.1, 0.15) is 0 Å². The maximum absolute atomic E-state index is 12.4. The third kappa shape index (κ3) is 3.30. The number of aryl methyl sites for hydroxylation is 1. The number of likely N-dealkylation sites (tertiary alicyclic amines) is 1. The zero-order valence-electron chi connectivity index (χ0n) is 11.1. The number of nitrogens with zero attached hydrogens (tertiary/aromatic N) is 2. The van der Waals surface area contributed by atoms with E-state index in [1.165, 1.54) is 12.1 Å². The molecule has 5 nitrogen and oxygen atoms in total. The second kappa shape index (κ2) is 5.82. The molecule has 1 aliphatic heterocycles. The van der Waals surface area contributed by atoms with E-state index in [2.05, 4.69) is 0 Å². The van der Waals surface area contributed by atoms with Crippen LogP contribution >= 0.6 is 0 Å². The molecule has 0 radical (unpaired) electrons. The predicted octanol–water partition coefficient (Wildman–Crippen LogP) is 2.92. The van der Waals surface area contributed by atoms with Gasteiger partial charge in [0.25, 0.3) is 11.6 Å². The molecule has 1 amide bonds. The summed E-state index contributed by atoms with van der Waals surface area (Å²) in [4.78, 5) is 24.6. The summed E-state index contributed by atoms with van der Waals surface area (Å²) >= 11 is 0. The molecule has 1 aromatic rings. The van der Waals surface area contributed by atoms with Crippen LogP contribution in [0.4, 0.5) is 5.69 Å². The van der Waals surface area contributed by atoms with Gasteiger partial charge in [0.15, 0.2) is 0 Å². The van der Waals surface area contributed by atoms with Gasteiger partial charge < -0.3 is 4.90 Å². The Morgan fingerprint density at radius 1 is 1.16 bits per heavy atom. The van der Waals surface area contributed by atoms with Gasteiger partial charge in [-0.1, -0.05) is 12.8 Å². The fourth-order valence-corrected chi connectivity index (χ4v) is 2.45. The van der Waals surface area contributed by atoms with Crippen molar-refractivity contribution in [3.05, 3.63) is 39.4 Å². The van der Waals surface area contributed by atoms with Crippen molar-refractivity contribution in [1.82, 2.24) is 4.90 Å². The average molecular weight is 262 g/mol. The van der Waals surface area contributed by atoms with Crippen LogP contribution in [-0.4, -0.2) is 28.8 Å². The van der Waals surface area contributed by atoms with Gasteiger partial charge in [-0.25, -0.2) is 0 Å². The summed E-state index contributed by atoms with van der Waals surface area (Å²) in [6.45, 7) is 3.27. The lowest BCUT2D eigenvalue weighted by atomic mass is 10.1. The van der Waals surface area contributed by atoms with Gasteiger partial charge in [-0.2, -0.15) is 0 Å².